The van der Waals surface area contributed by atoms with Gasteiger partial charge in [-0.15, -0.1) is 12.6 Å². The number of aromatic nitrogens is 2. The van der Waals surface area contributed by atoms with E-state index in [1.165, 1.54) is 0 Å². The maximum atomic E-state index is 11.9. The molecule has 20 heavy (non-hydrogen) atoms. The van der Waals surface area contributed by atoms with Crippen LogP contribution in [0.25, 0.3) is 11.0 Å². The van der Waals surface area contributed by atoms with Gasteiger partial charge in [-0.1, -0.05) is 12.1 Å². The van der Waals surface area contributed by atoms with E-state index in [-0.39, 0.29) is 6.03 Å². The number of benzene rings is 2. The molecule has 0 radical (unpaired) electrons. The summed E-state index contributed by atoms with van der Waals surface area (Å²) in [6, 6.07) is 12.5. The fraction of sp³-hybridized carbons (Fsp3) is 0. The van der Waals surface area contributed by atoms with Gasteiger partial charge in [0.2, 0.25) is 0 Å². The third-order valence-electron chi connectivity index (χ3n) is 2.83. The molecule has 0 fully saturated rings. The van der Waals surface area contributed by atoms with Crippen molar-refractivity contribution in [3.8, 4) is 0 Å². The van der Waals surface area contributed by atoms with Crippen molar-refractivity contribution in [3.05, 3.63) is 48.8 Å². The largest absolute Gasteiger partial charge is 0.345 e. The van der Waals surface area contributed by atoms with E-state index >= 15 is 0 Å². The molecule has 0 aliphatic heterocycles. The number of para-hydroxylation sites is 1. The Bertz CT molecular complexity index is 768. The van der Waals surface area contributed by atoms with Gasteiger partial charge in [0.15, 0.2) is 0 Å². The van der Waals surface area contributed by atoms with E-state index in [9.17, 15) is 4.79 Å². The van der Waals surface area contributed by atoms with Crippen LogP contribution in [0.3, 0.4) is 0 Å². The molecule has 100 valence electrons. The van der Waals surface area contributed by atoms with Crippen LogP contribution in [0.5, 0.6) is 0 Å². The smallest absolute Gasteiger partial charge is 0.323 e. The number of fused-ring (bicyclic) bond motifs is 1. The molecule has 0 bridgehead atoms. The minimum absolute atomic E-state index is 0.314. The van der Waals surface area contributed by atoms with E-state index in [1.54, 1.807) is 18.5 Å². The summed E-state index contributed by atoms with van der Waals surface area (Å²) < 4.78 is 0. The first-order valence-corrected chi connectivity index (χ1v) is 6.46. The second kappa shape index (κ2) is 5.26. The molecule has 0 unspecified atom stereocenters. The molecule has 6 heteroatoms. The first-order chi connectivity index (χ1) is 9.72. The van der Waals surface area contributed by atoms with Gasteiger partial charge in [-0.3, -0.25) is 0 Å². The summed E-state index contributed by atoms with van der Waals surface area (Å²) in [5, 5.41) is 5.52. The van der Waals surface area contributed by atoms with E-state index in [1.807, 2.05) is 30.3 Å². The van der Waals surface area contributed by atoms with Crippen molar-refractivity contribution in [1.82, 2.24) is 9.97 Å². The van der Waals surface area contributed by atoms with Crippen molar-refractivity contribution in [2.24, 2.45) is 0 Å². The number of H-pyrrole nitrogens is 1. The van der Waals surface area contributed by atoms with Gasteiger partial charge in [0, 0.05) is 10.6 Å². The lowest BCUT2D eigenvalue weighted by atomic mass is 10.3. The van der Waals surface area contributed by atoms with Crippen LogP contribution in [-0.2, 0) is 0 Å². The molecule has 5 nitrogen and oxygen atoms in total. The minimum atomic E-state index is -0.314. The lowest BCUT2D eigenvalue weighted by molar-refractivity contribution is 0.262. The van der Waals surface area contributed by atoms with Crippen LogP contribution in [0.15, 0.2) is 53.7 Å². The van der Waals surface area contributed by atoms with E-state index < -0.39 is 0 Å². The molecule has 0 saturated heterocycles. The summed E-state index contributed by atoms with van der Waals surface area (Å²) in [5.41, 5.74) is 3.08. The Balaban J connectivity index is 1.74. The molecule has 2 aromatic carbocycles. The molecule has 3 aromatic rings. The molecule has 1 heterocycles. The summed E-state index contributed by atoms with van der Waals surface area (Å²) in [5.74, 6) is 0. The van der Waals surface area contributed by atoms with Gasteiger partial charge in [0.25, 0.3) is 0 Å². The van der Waals surface area contributed by atoms with Gasteiger partial charge in [0.05, 0.1) is 23.0 Å². The number of carbonyl (C=O) groups is 1. The molecule has 0 aliphatic rings. The average molecular weight is 284 g/mol. The van der Waals surface area contributed by atoms with Crippen LogP contribution in [0.4, 0.5) is 16.2 Å². The highest BCUT2D eigenvalue weighted by molar-refractivity contribution is 7.80. The number of urea groups is 1. The van der Waals surface area contributed by atoms with E-state index in [2.05, 4.69) is 33.2 Å². The zero-order valence-corrected chi connectivity index (χ0v) is 11.3. The van der Waals surface area contributed by atoms with Gasteiger partial charge < -0.3 is 15.6 Å². The number of hydrogen-bond donors (Lipinski definition) is 4. The number of hydrogen-bond acceptors (Lipinski definition) is 3. The number of amides is 2. The number of nitrogens with one attached hydrogen (secondary N) is 3. The Kier molecular flexibility index (Phi) is 3.30. The number of imidazole rings is 1. The van der Waals surface area contributed by atoms with Crippen LogP contribution >= 0.6 is 12.6 Å². The Labute approximate surface area is 120 Å². The van der Waals surface area contributed by atoms with E-state index in [4.69, 9.17) is 0 Å². The Morgan fingerprint density at radius 3 is 2.85 bits per heavy atom. The minimum Gasteiger partial charge on any atom is -0.345 e. The number of nitrogens with zero attached hydrogens (tertiary/aromatic N) is 1. The number of thiol groups is 1. The summed E-state index contributed by atoms with van der Waals surface area (Å²) >= 11 is 4.28. The highest BCUT2D eigenvalue weighted by Crippen LogP contribution is 2.19. The summed E-state index contributed by atoms with van der Waals surface area (Å²) in [6.07, 6.45) is 1.62. The summed E-state index contributed by atoms with van der Waals surface area (Å²) in [7, 11) is 0. The van der Waals surface area contributed by atoms with Crippen LogP contribution < -0.4 is 10.6 Å². The van der Waals surface area contributed by atoms with Crippen LogP contribution in [0.1, 0.15) is 0 Å². The Hall–Kier alpha value is -2.47. The van der Waals surface area contributed by atoms with Gasteiger partial charge in [-0.2, -0.15) is 0 Å². The number of aromatic amines is 1. The zero-order chi connectivity index (χ0) is 13.9. The number of anilines is 2. The van der Waals surface area contributed by atoms with Crippen molar-refractivity contribution in [1.29, 1.82) is 0 Å². The van der Waals surface area contributed by atoms with Crippen LogP contribution in [0, 0.1) is 0 Å². The van der Waals surface area contributed by atoms with Crippen LogP contribution in [0.2, 0.25) is 0 Å². The first-order valence-electron chi connectivity index (χ1n) is 6.01. The van der Waals surface area contributed by atoms with Crippen LogP contribution in [-0.4, -0.2) is 16.0 Å². The Morgan fingerprint density at radius 1 is 1.15 bits per heavy atom. The maximum absolute atomic E-state index is 11.9. The molecule has 2 amide bonds. The highest BCUT2D eigenvalue weighted by atomic mass is 32.1. The quantitative estimate of drug-likeness (QED) is 0.544. The number of rotatable bonds is 2. The Morgan fingerprint density at radius 2 is 2.00 bits per heavy atom. The summed E-state index contributed by atoms with van der Waals surface area (Å²) in [4.78, 5) is 19.8. The van der Waals surface area contributed by atoms with Crippen molar-refractivity contribution >= 4 is 41.1 Å². The highest BCUT2D eigenvalue weighted by Gasteiger charge is 2.05. The molecule has 0 aliphatic carbocycles. The van der Waals surface area contributed by atoms with Crippen molar-refractivity contribution < 1.29 is 4.79 Å². The fourth-order valence-electron chi connectivity index (χ4n) is 1.88. The molecule has 0 atom stereocenters. The second-order valence-corrected chi connectivity index (χ2v) is 4.71. The fourth-order valence-corrected chi connectivity index (χ4v) is 2.09. The van der Waals surface area contributed by atoms with E-state index in [0.29, 0.717) is 16.3 Å². The average Bonchev–Trinajstić information content (AvgIpc) is 2.89. The first kappa shape index (κ1) is 12.6. The van der Waals surface area contributed by atoms with E-state index in [0.717, 1.165) is 11.0 Å². The maximum Gasteiger partial charge on any atom is 0.323 e. The van der Waals surface area contributed by atoms with Gasteiger partial charge in [0.1, 0.15) is 0 Å². The molecule has 1 aromatic heterocycles. The zero-order valence-electron chi connectivity index (χ0n) is 10.4. The molecule has 0 saturated carbocycles. The topological polar surface area (TPSA) is 69.8 Å². The van der Waals surface area contributed by atoms with Gasteiger partial charge in [-0.05, 0) is 30.3 Å². The SMILES string of the molecule is O=C(Nc1ccc2nc[nH]c2c1)Nc1ccccc1S. The van der Waals surface area contributed by atoms with Gasteiger partial charge in [-0.25, -0.2) is 9.78 Å². The second-order valence-electron chi connectivity index (χ2n) is 4.23. The third-order valence-corrected chi connectivity index (χ3v) is 3.22. The van der Waals surface area contributed by atoms with Crippen molar-refractivity contribution in [3.63, 3.8) is 0 Å². The number of carbonyl (C=O) groups excluding carboxylic acids is 1. The predicted molar refractivity (Wildman–Crippen MR) is 82.4 cm³/mol. The molecule has 3 rings (SSSR count). The lowest BCUT2D eigenvalue weighted by Crippen LogP contribution is -2.19. The van der Waals surface area contributed by atoms with Crippen molar-refractivity contribution in [2.45, 2.75) is 4.90 Å². The predicted octanol–water partition coefficient (Wildman–Crippen LogP) is 3.50. The third kappa shape index (κ3) is 2.60. The summed E-state index contributed by atoms with van der Waals surface area (Å²) in [6.45, 7) is 0. The molecular formula is C14H12N4OS. The monoisotopic (exact) mass is 284 g/mol. The molecule has 3 N–H and O–H groups in total. The van der Waals surface area contributed by atoms with Crippen molar-refractivity contribution in [2.75, 3.05) is 10.6 Å². The standard InChI is InChI=1S/C14H12N4OS/c19-14(18-11-3-1-2-4-13(11)20)17-9-5-6-10-12(7-9)16-8-15-10/h1-8,20H,(H,15,16)(H2,17,18,19). The van der Waals surface area contributed by atoms with Gasteiger partial charge >= 0.3 is 6.03 Å². The lowest BCUT2D eigenvalue weighted by Gasteiger charge is -2.09. The normalized spacial score (nSPS) is 10.4. The molecule has 0 spiro atoms. The molecular weight excluding hydrogens is 272 g/mol.